The highest BCUT2D eigenvalue weighted by Crippen LogP contribution is 2.03. The first kappa shape index (κ1) is 10.4. The molecule has 1 heterocycles. The van der Waals surface area contributed by atoms with Crippen molar-refractivity contribution in [3.05, 3.63) is 0 Å². The summed E-state index contributed by atoms with van der Waals surface area (Å²) in [5.41, 5.74) is 0. The van der Waals surface area contributed by atoms with Crippen LogP contribution in [0.1, 0.15) is 19.8 Å². The lowest BCUT2D eigenvalue weighted by Gasteiger charge is -2.24. The fourth-order valence-corrected chi connectivity index (χ4v) is 1.25. The zero-order valence-electron chi connectivity index (χ0n) is 7.54. The molecule has 0 aliphatic carbocycles. The third-order valence-electron chi connectivity index (χ3n) is 1.99. The van der Waals surface area contributed by atoms with Crippen molar-refractivity contribution in [3.8, 4) is 0 Å². The van der Waals surface area contributed by atoms with Crippen LogP contribution in [-0.2, 0) is 9.59 Å². The van der Waals surface area contributed by atoms with Gasteiger partial charge in [-0.2, -0.15) is 12.6 Å². The van der Waals surface area contributed by atoms with E-state index in [9.17, 15) is 9.59 Å². The number of hydrogen-bond acceptors (Lipinski definition) is 3. The average Bonchev–Trinajstić information content (AvgIpc) is 2.08. The van der Waals surface area contributed by atoms with Crippen LogP contribution in [0.3, 0.4) is 0 Å². The second-order valence-electron chi connectivity index (χ2n) is 3.22. The molecule has 2 amide bonds. The van der Waals surface area contributed by atoms with Gasteiger partial charge in [0.1, 0.15) is 0 Å². The van der Waals surface area contributed by atoms with Crippen LogP contribution in [0, 0.1) is 0 Å². The number of hydrogen-bond donors (Lipinski definition) is 3. The molecule has 0 aromatic heterocycles. The fraction of sp³-hybridized carbons (Fsp3) is 0.750. The van der Waals surface area contributed by atoms with E-state index >= 15 is 0 Å². The number of nitrogens with one attached hydrogen (secondary N) is 2. The average molecular weight is 202 g/mol. The molecule has 1 aliphatic heterocycles. The number of rotatable bonds is 2. The van der Waals surface area contributed by atoms with Gasteiger partial charge in [0, 0.05) is 19.0 Å². The first-order chi connectivity index (χ1) is 6.09. The summed E-state index contributed by atoms with van der Waals surface area (Å²) in [6.07, 6.45) is 1.21. The Balaban J connectivity index is 2.30. The number of thiol groups is 1. The summed E-state index contributed by atoms with van der Waals surface area (Å²) in [5.74, 6) is -0.0195. The molecule has 0 saturated carbocycles. The van der Waals surface area contributed by atoms with E-state index in [4.69, 9.17) is 0 Å². The first-order valence-electron chi connectivity index (χ1n) is 4.34. The number of carbonyl (C=O) groups excluding carboxylic acids is 2. The molecule has 4 nitrogen and oxygen atoms in total. The molecule has 2 unspecified atom stereocenters. The Morgan fingerprint density at radius 3 is 2.92 bits per heavy atom. The summed E-state index contributed by atoms with van der Waals surface area (Å²) in [6.45, 7) is 2.25. The van der Waals surface area contributed by atoms with Crippen molar-refractivity contribution in [2.24, 2.45) is 0 Å². The SMILES string of the molecule is CC(S)C(=O)NC1CCC(=O)NC1. The Morgan fingerprint density at radius 1 is 1.77 bits per heavy atom. The Labute approximate surface area is 82.9 Å². The van der Waals surface area contributed by atoms with E-state index in [1.165, 1.54) is 0 Å². The van der Waals surface area contributed by atoms with Crippen LogP contribution in [0.25, 0.3) is 0 Å². The van der Waals surface area contributed by atoms with Gasteiger partial charge in [-0.15, -0.1) is 0 Å². The zero-order chi connectivity index (χ0) is 9.84. The Morgan fingerprint density at radius 2 is 2.46 bits per heavy atom. The summed E-state index contributed by atoms with van der Waals surface area (Å²) < 4.78 is 0. The molecular formula is C8H14N2O2S. The van der Waals surface area contributed by atoms with Crippen LogP contribution in [0.15, 0.2) is 0 Å². The van der Waals surface area contributed by atoms with Crippen LogP contribution >= 0.6 is 12.6 Å². The molecule has 1 rings (SSSR count). The van der Waals surface area contributed by atoms with Crippen molar-refractivity contribution < 1.29 is 9.59 Å². The van der Waals surface area contributed by atoms with Crippen molar-refractivity contribution in [1.29, 1.82) is 0 Å². The van der Waals surface area contributed by atoms with Crippen molar-refractivity contribution in [2.45, 2.75) is 31.1 Å². The van der Waals surface area contributed by atoms with E-state index in [0.29, 0.717) is 13.0 Å². The molecule has 2 atom stereocenters. The van der Waals surface area contributed by atoms with Crippen molar-refractivity contribution in [3.63, 3.8) is 0 Å². The lowest BCUT2D eigenvalue weighted by molar-refractivity contribution is -0.125. The number of piperidine rings is 1. The maximum absolute atomic E-state index is 11.2. The largest absolute Gasteiger partial charge is 0.354 e. The molecule has 0 radical (unpaired) electrons. The topological polar surface area (TPSA) is 58.2 Å². The van der Waals surface area contributed by atoms with Crippen LogP contribution in [0.5, 0.6) is 0 Å². The van der Waals surface area contributed by atoms with Gasteiger partial charge in [0.25, 0.3) is 0 Å². The summed E-state index contributed by atoms with van der Waals surface area (Å²) in [5, 5.41) is 5.21. The molecule has 2 N–H and O–H groups in total. The summed E-state index contributed by atoms with van der Waals surface area (Å²) in [7, 11) is 0. The van der Waals surface area contributed by atoms with Crippen LogP contribution in [0.4, 0.5) is 0 Å². The quantitative estimate of drug-likeness (QED) is 0.538. The Kier molecular flexibility index (Phi) is 3.59. The molecule has 1 fully saturated rings. The molecule has 1 aliphatic rings. The van der Waals surface area contributed by atoms with E-state index in [2.05, 4.69) is 23.3 Å². The predicted octanol–water partition coefficient (Wildman–Crippen LogP) is -0.301. The van der Waals surface area contributed by atoms with E-state index < -0.39 is 0 Å². The molecule has 0 spiro atoms. The molecule has 74 valence electrons. The molecule has 0 aromatic carbocycles. The molecule has 13 heavy (non-hydrogen) atoms. The monoisotopic (exact) mass is 202 g/mol. The van der Waals surface area contributed by atoms with Gasteiger partial charge in [-0.1, -0.05) is 0 Å². The van der Waals surface area contributed by atoms with Crippen LogP contribution in [0.2, 0.25) is 0 Å². The van der Waals surface area contributed by atoms with E-state index in [1.54, 1.807) is 6.92 Å². The van der Waals surface area contributed by atoms with E-state index in [0.717, 1.165) is 6.42 Å². The highest BCUT2D eigenvalue weighted by molar-refractivity contribution is 7.81. The summed E-state index contributed by atoms with van der Waals surface area (Å²) in [4.78, 5) is 22.0. The highest BCUT2D eigenvalue weighted by Gasteiger charge is 2.20. The van der Waals surface area contributed by atoms with Gasteiger partial charge in [0.2, 0.25) is 11.8 Å². The second-order valence-corrected chi connectivity index (χ2v) is 4.00. The molecular weight excluding hydrogens is 188 g/mol. The van der Waals surface area contributed by atoms with E-state index in [-0.39, 0.29) is 23.1 Å². The third-order valence-corrected chi connectivity index (χ3v) is 2.23. The van der Waals surface area contributed by atoms with Gasteiger partial charge in [-0.25, -0.2) is 0 Å². The predicted molar refractivity (Wildman–Crippen MR) is 52.6 cm³/mol. The number of carbonyl (C=O) groups is 2. The molecule has 0 aromatic rings. The normalized spacial score (nSPS) is 24.8. The Hall–Kier alpha value is -0.710. The summed E-state index contributed by atoms with van der Waals surface area (Å²) >= 11 is 4.01. The van der Waals surface area contributed by atoms with Gasteiger partial charge in [0.05, 0.1) is 5.25 Å². The second kappa shape index (κ2) is 4.50. The van der Waals surface area contributed by atoms with Crippen LogP contribution < -0.4 is 10.6 Å². The molecule has 0 bridgehead atoms. The minimum Gasteiger partial charge on any atom is -0.354 e. The van der Waals surface area contributed by atoms with Gasteiger partial charge < -0.3 is 10.6 Å². The molecule has 5 heteroatoms. The standard InChI is InChI=1S/C8H14N2O2S/c1-5(13)8(12)10-6-2-3-7(11)9-4-6/h5-6,13H,2-4H2,1H3,(H,9,11)(H,10,12). The fourth-order valence-electron chi connectivity index (χ4n) is 1.18. The Bertz CT molecular complexity index is 208. The lowest BCUT2D eigenvalue weighted by Crippen LogP contribution is -2.49. The van der Waals surface area contributed by atoms with Gasteiger partial charge in [-0.3, -0.25) is 9.59 Å². The molecule has 1 saturated heterocycles. The van der Waals surface area contributed by atoms with Crippen molar-refractivity contribution in [2.75, 3.05) is 6.54 Å². The summed E-state index contributed by atoms with van der Waals surface area (Å²) in [6, 6.07) is 0.0693. The van der Waals surface area contributed by atoms with Crippen molar-refractivity contribution >= 4 is 24.4 Å². The van der Waals surface area contributed by atoms with Crippen molar-refractivity contribution in [1.82, 2.24) is 10.6 Å². The minimum atomic E-state index is -0.294. The highest BCUT2D eigenvalue weighted by atomic mass is 32.1. The van der Waals surface area contributed by atoms with Crippen LogP contribution in [-0.4, -0.2) is 29.7 Å². The van der Waals surface area contributed by atoms with Gasteiger partial charge in [-0.05, 0) is 13.3 Å². The van der Waals surface area contributed by atoms with Gasteiger partial charge >= 0.3 is 0 Å². The first-order valence-corrected chi connectivity index (χ1v) is 4.86. The smallest absolute Gasteiger partial charge is 0.232 e. The maximum atomic E-state index is 11.2. The maximum Gasteiger partial charge on any atom is 0.232 e. The zero-order valence-corrected chi connectivity index (χ0v) is 8.43. The lowest BCUT2D eigenvalue weighted by atomic mass is 10.1. The number of amides is 2. The van der Waals surface area contributed by atoms with E-state index in [1.807, 2.05) is 0 Å². The third kappa shape index (κ3) is 3.26. The van der Waals surface area contributed by atoms with Gasteiger partial charge in [0.15, 0.2) is 0 Å². The minimum absolute atomic E-state index is 0.0596.